The Bertz CT molecular complexity index is 1360. The predicted octanol–water partition coefficient (Wildman–Crippen LogP) is 5.57. The first kappa shape index (κ1) is 26.3. The zero-order valence-electron chi connectivity index (χ0n) is 21.8. The summed E-state index contributed by atoms with van der Waals surface area (Å²) >= 11 is 1.62. The Kier molecular flexibility index (Phi) is 7.44. The lowest BCUT2D eigenvalue weighted by Crippen LogP contribution is -2.36. The van der Waals surface area contributed by atoms with Gasteiger partial charge in [-0.15, -0.1) is 11.3 Å². The van der Waals surface area contributed by atoms with E-state index >= 15 is 0 Å². The SMILES string of the molecule is CCC(c1ccc(C)c(CN2C[C@@H](CC)Oc3ccccc3S2(=O)=O)c1)c1ncc(C2(C)OCCO2)s1. The first-order valence-corrected chi connectivity index (χ1v) is 15.1. The van der Waals surface area contributed by atoms with Gasteiger partial charge in [0.25, 0.3) is 0 Å². The van der Waals surface area contributed by atoms with E-state index in [1.165, 1.54) is 0 Å². The molecule has 7 nitrogen and oxygen atoms in total. The Balaban J connectivity index is 1.46. The van der Waals surface area contributed by atoms with Crippen LogP contribution in [0.2, 0.25) is 0 Å². The zero-order chi connectivity index (χ0) is 26.2. The summed E-state index contributed by atoms with van der Waals surface area (Å²) < 4.78 is 46.6. The third kappa shape index (κ3) is 5.07. The molecular weight excluding hydrogens is 508 g/mol. The fourth-order valence-electron chi connectivity index (χ4n) is 4.94. The van der Waals surface area contributed by atoms with Gasteiger partial charge in [0, 0.05) is 18.7 Å². The van der Waals surface area contributed by atoms with Crippen molar-refractivity contribution in [2.45, 2.75) is 69.8 Å². The Labute approximate surface area is 223 Å². The first-order valence-electron chi connectivity index (χ1n) is 12.8. The average Bonchev–Trinajstić information content (AvgIpc) is 3.54. The monoisotopic (exact) mass is 542 g/mol. The van der Waals surface area contributed by atoms with Crippen LogP contribution < -0.4 is 4.74 Å². The summed E-state index contributed by atoms with van der Waals surface area (Å²) in [4.78, 5) is 5.93. The van der Waals surface area contributed by atoms with Gasteiger partial charge in [0.15, 0.2) is 0 Å². The number of para-hydroxylation sites is 1. The number of fused-ring (bicyclic) bond motifs is 1. The predicted molar refractivity (Wildman–Crippen MR) is 143 cm³/mol. The molecule has 3 aromatic rings. The molecule has 0 saturated carbocycles. The second-order valence-electron chi connectivity index (χ2n) is 9.74. The van der Waals surface area contributed by atoms with Crippen molar-refractivity contribution in [3.63, 3.8) is 0 Å². The molecule has 2 aliphatic heterocycles. The smallest absolute Gasteiger partial charge is 0.247 e. The fraction of sp³-hybridized carbons (Fsp3) is 0.464. The van der Waals surface area contributed by atoms with E-state index in [2.05, 4.69) is 25.1 Å². The normalized spacial score (nSPS) is 21.7. The molecule has 2 aliphatic rings. The van der Waals surface area contributed by atoms with Crippen LogP contribution in [-0.4, -0.2) is 43.6 Å². The summed E-state index contributed by atoms with van der Waals surface area (Å²) in [5.74, 6) is -0.213. The molecule has 0 N–H and O–H groups in total. The highest BCUT2D eigenvalue weighted by Gasteiger charge is 2.36. The average molecular weight is 543 g/mol. The van der Waals surface area contributed by atoms with Crippen molar-refractivity contribution in [2.75, 3.05) is 19.8 Å². The minimum Gasteiger partial charge on any atom is -0.488 e. The quantitative estimate of drug-likeness (QED) is 0.388. The van der Waals surface area contributed by atoms with Crippen LogP contribution in [0, 0.1) is 6.92 Å². The molecule has 1 unspecified atom stereocenters. The Morgan fingerprint density at radius 3 is 2.65 bits per heavy atom. The second kappa shape index (κ2) is 10.5. The number of hydrogen-bond donors (Lipinski definition) is 0. The maximum Gasteiger partial charge on any atom is 0.247 e. The number of ether oxygens (including phenoxy) is 3. The van der Waals surface area contributed by atoms with Gasteiger partial charge in [-0.05, 0) is 55.5 Å². The molecule has 0 spiro atoms. The van der Waals surface area contributed by atoms with Crippen LogP contribution in [0.15, 0.2) is 53.6 Å². The van der Waals surface area contributed by atoms with E-state index in [4.69, 9.17) is 19.2 Å². The number of hydrogen-bond acceptors (Lipinski definition) is 7. The van der Waals surface area contributed by atoms with E-state index in [1.54, 1.807) is 33.8 Å². The van der Waals surface area contributed by atoms with Crippen molar-refractivity contribution in [3.8, 4) is 5.75 Å². The van der Waals surface area contributed by atoms with Gasteiger partial charge < -0.3 is 14.2 Å². The van der Waals surface area contributed by atoms with Crippen LogP contribution in [0.1, 0.15) is 66.1 Å². The molecule has 2 aromatic carbocycles. The largest absolute Gasteiger partial charge is 0.488 e. The van der Waals surface area contributed by atoms with Gasteiger partial charge in [-0.1, -0.05) is 44.2 Å². The summed E-state index contributed by atoms with van der Waals surface area (Å²) in [6.45, 7) is 9.89. The highest BCUT2D eigenvalue weighted by molar-refractivity contribution is 7.89. The minimum absolute atomic E-state index is 0.0938. The van der Waals surface area contributed by atoms with Gasteiger partial charge in [-0.3, -0.25) is 0 Å². The van der Waals surface area contributed by atoms with Crippen molar-refractivity contribution in [1.82, 2.24) is 9.29 Å². The maximum absolute atomic E-state index is 13.7. The number of aromatic nitrogens is 1. The Morgan fingerprint density at radius 2 is 1.92 bits per heavy atom. The summed E-state index contributed by atoms with van der Waals surface area (Å²) in [6.07, 6.45) is 3.24. The lowest BCUT2D eigenvalue weighted by Gasteiger charge is -2.24. The van der Waals surface area contributed by atoms with Crippen LogP contribution in [0.25, 0.3) is 0 Å². The third-order valence-electron chi connectivity index (χ3n) is 7.26. The van der Waals surface area contributed by atoms with Crippen molar-refractivity contribution in [1.29, 1.82) is 0 Å². The minimum atomic E-state index is -3.71. The number of thiazole rings is 1. The standard InChI is InChI=1S/C28H34N2O5S2/c1-5-22-18-30(37(31,32)25-10-8-7-9-24(25)35-22)17-21-15-20(12-11-19(21)3)23(6-2)27-29-16-26(36-27)28(4)33-13-14-34-28/h7-12,15-16,22-23H,5-6,13-14,17-18H2,1-4H3/t22-,23?/m1/s1. The summed E-state index contributed by atoms with van der Waals surface area (Å²) in [5.41, 5.74) is 3.17. The van der Waals surface area contributed by atoms with Gasteiger partial charge in [-0.2, -0.15) is 4.31 Å². The van der Waals surface area contributed by atoms with Crippen LogP contribution in [0.4, 0.5) is 0 Å². The summed E-state index contributed by atoms with van der Waals surface area (Å²) in [7, 11) is -3.71. The van der Waals surface area contributed by atoms with Gasteiger partial charge in [0.2, 0.25) is 15.8 Å². The van der Waals surface area contributed by atoms with E-state index < -0.39 is 15.8 Å². The number of benzene rings is 2. The van der Waals surface area contributed by atoms with E-state index in [1.807, 2.05) is 33.0 Å². The maximum atomic E-state index is 13.7. The molecule has 5 rings (SSSR count). The molecule has 1 aromatic heterocycles. The number of sulfonamides is 1. The fourth-order valence-corrected chi connectivity index (χ4v) is 7.70. The molecule has 1 saturated heterocycles. The van der Waals surface area contributed by atoms with Gasteiger partial charge in [-0.25, -0.2) is 13.4 Å². The van der Waals surface area contributed by atoms with Crippen molar-refractivity contribution < 1.29 is 22.6 Å². The lowest BCUT2D eigenvalue weighted by molar-refractivity contribution is -0.147. The molecule has 37 heavy (non-hydrogen) atoms. The highest BCUT2D eigenvalue weighted by atomic mass is 32.2. The van der Waals surface area contributed by atoms with E-state index in [0.29, 0.717) is 25.5 Å². The molecule has 0 amide bonds. The topological polar surface area (TPSA) is 78.0 Å². The van der Waals surface area contributed by atoms with Gasteiger partial charge >= 0.3 is 0 Å². The Hall–Kier alpha value is -2.30. The number of nitrogens with zero attached hydrogens (tertiary/aromatic N) is 2. The van der Waals surface area contributed by atoms with Crippen molar-refractivity contribution >= 4 is 21.4 Å². The number of rotatable bonds is 7. The molecule has 9 heteroatoms. The lowest BCUT2D eigenvalue weighted by atomic mass is 9.93. The van der Waals surface area contributed by atoms with Crippen molar-refractivity contribution in [2.24, 2.45) is 0 Å². The van der Waals surface area contributed by atoms with E-state index in [9.17, 15) is 8.42 Å². The summed E-state index contributed by atoms with van der Waals surface area (Å²) in [5, 5.41) is 1.00. The number of aryl methyl sites for hydroxylation is 1. The molecule has 2 atom stereocenters. The molecule has 3 heterocycles. The molecule has 0 radical (unpaired) electrons. The van der Waals surface area contributed by atoms with Gasteiger partial charge in [0.05, 0.1) is 24.6 Å². The van der Waals surface area contributed by atoms with Gasteiger partial charge in [0.1, 0.15) is 21.8 Å². The van der Waals surface area contributed by atoms with Crippen LogP contribution in [-0.2, 0) is 31.8 Å². The second-order valence-corrected chi connectivity index (χ2v) is 12.7. The third-order valence-corrected chi connectivity index (χ3v) is 10.4. The molecule has 0 bridgehead atoms. The van der Waals surface area contributed by atoms with Crippen LogP contribution in [0.5, 0.6) is 5.75 Å². The highest BCUT2D eigenvalue weighted by Crippen LogP contribution is 2.39. The molecule has 0 aliphatic carbocycles. The van der Waals surface area contributed by atoms with E-state index in [0.717, 1.165) is 39.4 Å². The molecule has 198 valence electrons. The zero-order valence-corrected chi connectivity index (χ0v) is 23.4. The van der Waals surface area contributed by atoms with Crippen LogP contribution in [0.3, 0.4) is 0 Å². The Morgan fingerprint density at radius 1 is 1.16 bits per heavy atom. The first-order chi connectivity index (χ1) is 17.7. The van der Waals surface area contributed by atoms with E-state index in [-0.39, 0.29) is 23.5 Å². The molecular formula is C28H34N2O5S2. The summed E-state index contributed by atoms with van der Waals surface area (Å²) in [6, 6.07) is 13.3. The molecule has 1 fully saturated rings. The van der Waals surface area contributed by atoms with Crippen molar-refractivity contribution in [3.05, 3.63) is 75.2 Å². The van der Waals surface area contributed by atoms with Crippen LogP contribution >= 0.6 is 11.3 Å².